The highest BCUT2D eigenvalue weighted by atomic mass is 32.1. The van der Waals surface area contributed by atoms with E-state index in [2.05, 4.69) is 34.7 Å². The second-order valence-corrected chi connectivity index (χ2v) is 5.56. The molecule has 0 unspecified atom stereocenters. The Morgan fingerprint density at radius 3 is 2.58 bits per heavy atom. The molecule has 3 N–H and O–H groups in total. The van der Waals surface area contributed by atoms with Crippen LogP contribution in [0.5, 0.6) is 0 Å². The van der Waals surface area contributed by atoms with Gasteiger partial charge in [-0.15, -0.1) is 10.2 Å². The number of urea groups is 1. The van der Waals surface area contributed by atoms with Gasteiger partial charge in [0.05, 0.1) is 0 Å². The summed E-state index contributed by atoms with van der Waals surface area (Å²) in [6.45, 7) is 5.82. The van der Waals surface area contributed by atoms with Gasteiger partial charge in [0.15, 0.2) is 0 Å². The highest BCUT2D eigenvalue weighted by Gasteiger charge is 2.18. The van der Waals surface area contributed by atoms with Gasteiger partial charge in [-0.05, 0) is 12.3 Å². The summed E-state index contributed by atoms with van der Waals surface area (Å²) in [5.74, 6) is -0.596. The largest absolute Gasteiger partial charge is 0.480 e. The second kappa shape index (κ2) is 7.03. The van der Waals surface area contributed by atoms with E-state index in [-0.39, 0.29) is 0 Å². The third-order valence-corrected chi connectivity index (χ3v) is 3.14. The Kier molecular flexibility index (Phi) is 5.68. The van der Waals surface area contributed by atoms with Gasteiger partial charge in [-0.2, -0.15) is 0 Å². The Labute approximate surface area is 115 Å². The molecular formula is C11H18N4O3S. The summed E-state index contributed by atoms with van der Waals surface area (Å²) in [6, 6.07) is -1.48. The lowest BCUT2D eigenvalue weighted by Crippen LogP contribution is -2.42. The number of amides is 2. The van der Waals surface area contributed by atoms with Gasteiger partial charge in [0, 0.05) is 6.42 Å². The normalized spacial score (nSPS) is 12.2. The fraction of sp³-hybridized carbons (Fsp3) is 0.636. The van der Waals surface area contributed by atoms with Gasteiger partial charge in [-0.1, -0.05) is 32.1 Å². The minimum absolute atomic E-state index is 0.317. The van der Waals surface area contributed by atoms with Gasteiger partial charge in [0.25, 0.3) is 0 Å². The molecule has 0 aliphatic heterocycles. The van der Waals surface area contributed by atoms with Crippen LogP contribution in [-0.2, 0) is 11.2 Å². The number of hydrogen-bond donors (Lipinski definition) is 3. The lowest BCUT2D eigenvalue weighted by molar-refractivity contribution is -0.139. The molecule has 1 rings (SSSR count). The Morgan fingerprint density at radius 2 is 2.05 bits per heavy atom. The van der Waals surface area contributed by atoms with Crippen LogP contribution in [0.4, 0.5) is 9.93 Å². The Balaban J connectivity index is 2.52. The molecule has 0 aliphatic rings. The summed E-state index contributed by atoms with van der Waals surface area (Å²) in [5.41, 5.74) is 0. The zero-order valence-corrected chi connectivity index (χ0v) is 12.0. The van der Waals surface area contributed by atoms with Gasteiger partial charge in [0.1, 0.15) is 11.0 Å². The molecule has 0 aliphatic carbocycles. The summed E-state index contributed by atoms with van der Waals surface area (Å²) in [4.78, 5) is 22.3. The number of carboxylic acids is 1. The van der Waals surface area contributed by atoms with E-state index in [1.54, 1.807) is 6.92 Å². The van der Waals surface area contributed by atoms with Crippen molar-refractivity contribution in [1.29, 1.82) is 0 Å². The molecular weight excluding hydrogens is 268 g/mol. The maximum atomic E-state index is 11.6. The van der Waals surface area contributed by atoms with Gasteiger partial charge < -0.3 is 10.4 Å². The SMILES string of the molecule is CC[C@H](NC(=O)Nc1nnc(CC(C)C)s1)C(=O)O. The lowest BCUT2D eigenvalue weighted by atomic mass is 10.1. The average Bonchev–Trinajstić information content (AvgIpc) is 2.71. The number of aromatic nitrogens is 2. The van der Waals surface area contributed by atoms with E-state index in [4.69, 9.17) is 5.11 Å². The molecule has 1 atom stereocenters. The average molecular weight is 286 g/mol. The Morgan fingerprint density at radius 1 is 1.37 bits per heavy atom. The number of carboxylic acid groups (broad SMARTS) is 1. The van der Waals surface area contributed by atoms with Crippen LogP contribution in [-0.4, -0.2) is 33.3 Å². The van der Waals surface area contributed by atoms with Crippen LogP contribution >= 0.6 is 11.3 Å². The molecule has 7 nitrogen and oxygen atoms in total. The molecule has 0 aromatic carbocycles. The number of hydrogen-bond acceptors (Lipinski definition) is 5. The van der Waals surface area contributed by atoms with E-state index in [1.807, 2.05) is 0 Å². The van der Waals surface area contributed by atoms with Crippen LogP contribution in [0.3, 0.4) is 0 Å². The van der Waals surface area contributed by atoms with Crippen molar-refractivity contribution < 1.29 is 14.7 Å². The summed E-state index contributed by atoms with van der Waals surface area (Å²) in [6.07, 6.45) is 1.12. The molecule has 1 aromatic rings. The Hall–Kier alpha value is -1.70. The quantitative estimate of drug-likeness (QED) is 0.738. The van der Waals surface area contributed by atoms with Crippen LogP contribution in [0.2, 0.25) is 0 Å². The first kappa shape index (κ1) is 15.4. The molecule has 1 aromatic heterocycles. The van der Waals surface area contributed by atoms with Crippen LogP contribution in [0.15, 0.2) is 0 Å². The third-order valence-electron chi connectivity index (χ3n) is 2.28. The molecule has 1 heterocycles. The number of anilines is 1. The standard InChI is InChI=1S/C11H18N4O3S/c1-4-7(9(16)17)12-10(18)13-11-15-14-8(19-11)5-6(2)3/h6-7H,4-5H2,1-3H3,(H,16,17)(H2,12,13,15,18)/t7-/m0/s1. The molecule has 8 heteroatoms. The number of nitrogens with zero attached hydrogens (tertiary/aromatic N) is 2. The number of rotatable bonds is 6. The van der Waals surface area contributed by atoms with E-state index < -0.39 is 18.0 Å². The van der Waals surface area contributed by atoms with E-state index >= 15 is 0 Å². The van der Waals surface area contributed by atoms with E-state index in [0.717, 1.165) is 11.4 Å². The second-order valence-electron chi connectivity index (χ2n) is 4.50. The van der Waals surface area contributed by atoms with Crippen LogP contribution < -0.4 is 10.6 Å². The lowest BCUT2D eigenvalue weighted by Gasteiger charge is -2.11. The van der Waals surface area contributed by atoms with Crippen LogP contribution in [0, 0.1) is 5.92 Å². The van der Waals surface area contributed by atoms with Crippen molar-refractivity contribution in [2.24, 2.45) is 5.92 Å². The van der Waals surface area contributed by atoms with Crippen LogP contribution in [0.25, 0.3) is 0 Å². The predicted molar refractivity (Wildman–Crippen MR) is 72.3 cm³/mol. The highest BCUT2D eigenvalue weighted by molar-refractivity contribution is 7.15. The summed E-state index contributed by atoms with van der Waals surface area (Å²) in [5, 5.41) is 22.7. The summed E-state index contributed by atoms with van der Waals surface area (Å²) < 4.78 is 0. The maximum absolute atomic E-state index is 11.6. The molecule has 0 fully saturated rings. The molecule has 0 radical (unpaired) electrons. The van der Waals surface area contributed by atoms with Gasteiger partial charge in [-0.3, -0.25) is 5.32 Å². The zero-order chi connectivity index (χ0) is 14.4. The van der Waals surface area contributed by atoms with Gasteiger partial charge in [0.2, 0.25) is 5.13 Å². The van der Waals surface area contributed by atoms with Crippen molar-refractivity contribution in [2.45, 2.75) is 39.7 Å². The minimum atomic E-state index is -1.06. The van der Waals surface area contributed by atoms with Gasteiger partial charge >= 0.3 is 12.0 Å². The molecule has 106 valence electrons. The van der Waals surface area contributed by atoms with Gasteiger partial charge in [-0.25, -0.2) is 9.59 Å². The van der Waals surface area contributed by atoms with E-state index in [0.29, 0.717) is 17.5 Å². The van der Waals surface area contributed by atoms with Crippen molar-refractivity contribution in [3.05, 3.63) is 5.01 Å². The van der Waals surface area contributed by atoms with E-state index in [1.165, 1.54) is 11.3 Å². The summed E-state index contributed by atoms with van der Waals surface area (Å²) in [7, 11) is 0. The number of carbonyl (C=O) groups excluding carboxylic acids is 1. The monoisotopic (exact) mass is 286 g/mol. The number of carbonyl (C=O) groups is 2. The fourth-order valence-corrected chi connectivity index (χ4v) is 2.31. The zero-order valence-electron chi connectivity index (χ0n) is 11.1. The summed E-state index contributed by atoms with van der Waals surface area (Å²) >= 11 is 1.29. The predicted octanol–water partition coefficient (Wildman–Crippen LogP) is 1.72. The third kappa shape index (κ3) is 5.21. The smallest absolute Gasteiger partial charge is 0.326 e. The molecule has 19 heavy (non-hydrogen) atoms. The van der Waals surface area contributed by atoms with E-state index in [9.17, 15) is 9.59 Å². The first-order valence-corrected chi connectivity index (χ1v) is 6.86. The van der Waals surface area contributed by atoms with Crippen molar-refractivity contribution in [3.8, 4) is 0 Å². The molecule has 0 saturated carbocycles. The maximum Gasteiger partial charge on any atom is 0.326 e. The molecule has 0 saturated heterocycles. The van der Waals surface area contributed by atoms with Crippen molar-refractivity contribution >= 4 is 28.5 Å². The Bertz CT molecular complexity index is 447. The molecule has 0 bridgehead atoms. The van der Waals surface area contributed by atoms with Crippen molar-refractivity contribution in [1.82, 2.24) is 15.5 Å². The molecule has 2 amide bonds. The topological polar surface area (TPSA) is 104 Å². The first-order valence-electron chi connectivity index (χ1n) is 6.05. The minimum Gasteiger partial charge on any atom is -0.480 e. The van der Waals surface area contributed by atoms with Crippen molar-refractivity contribution in [2.75, 3.05) is 5.32 Å². The fourth-order valence-electron chi connectivity index (χ4n) is 1.37. The number of aliphatic carboxylic acids is 1. The molecule has 0 spiro atoms. The number of nitrogens with one attached hydrogen (secondary N) is 2. The first-order chi connectivity index (χ1) is 8.92. The van der Waals surface area contributed by atoms with Crippen LogP contribution in [0.1, 0.15) is 32.2 Å². The van der Waals surface area contributed by atoms with Crippen molar-refractivity contribution in [3.63, 3.8) is 0 Å². The highest BCUT2D eigenvalue weighted by Crippen LogP contribution is 2.18.